The van der Waals surface area contributed by atoms with Crippen molar-refractivity contribution in [1.82, 2.24) is 39.8 Å². The van der Waals surface area contributed by atoms with Gasteiger partial charge in [0.2, 0.25) is 15.9 Å². The Kier molecular flexibility index (Phi) is 7.63. The van der Waals surface area contributed by atoms with Crippen LogP contribution >= 0.6 is 0 Å². The molecule has 14 heteroatoms. The van der Waals surface area contributed by atoms with Crippen molar-refractivity contribution in [1.29, 1.82) is 0 Å². The number of carbonyl (C=O) groups is 1. The van der Waals surface area contributed by atoms with Gasteiger partial charge in [0.25, 0.3) is 0 Å². The molecule has 1 amide bonds. The Bertz CT molecular complexity index is 2140. The zero-order valence-corrected chi connectivity index (χ0v) is 24.8. The number of rotatable bonds is 9. The zero-order chi connectivity index (χ0) is 31.0. The van der Waals surface area contributed by atoms with Gasteiger partial charge in [-0.1, -0.05) is 0 Å². The lowest BCUT2D eigenvalue weighted by Gasteiger charge is -2.10. The van der Waals surface area contributed by atoms with Gasteiger partial charge in [-0.3, -0.25) is 19.9 Å². The van der Waals surface area contributed by atoms with Crippen molar-refractivity contribution in [2.45, 2.75) is 6.54 Å². The summed E-state index contributed by atoms with van der Waals surface area (Å²) in [5, 5.41) is 11.1. The topological polar surface area (TPSA) is 162 Å². The standard InChI is InChI=1S/C30H28FN9O3S/c1-40(2)16-27(41)35-21-11-19(14-32-15-21)23-4-5-25-29(37-23)30(39-38-25)26-12-22-24(36-26)6-7-33-28(22)18-8-17(9-20(31)10-18)13-34-44(3,42)43/h4-12,14-15,34,36H,13,16H2,1-3H3,(H,35,41)(H,38,39). The fourth-order valence-electron chi connectivity index (χ4n) is 4.90. The molecule has 0 unspecified atom stereocenters. The molecule has 0 aliphatic rings. The predicted octanol–water partition coefficient (Wildman–Crippen LogP) is 3.92. The van der Waals surface area contributed by atoms with E-state index < -0.39 is 15.8 Å². The molecule has 6 aromatic rings. The van der Waals surface area contributed by atoms with E-state index in [0.29, 0.717) is 45.1 Å². The van der Waals surface area contributed by atoms with Crippen LogP contribution in [0.3, 0.4) is 0 Å². The van der Waals surface area contributed by atoms with Crippen LogP contribution in [0.5, 0.6) is 0 Å². The number of aromatic nitrogens is 6. The van der Waals surface area contributed by atoms with Crippen molar-refractivity contribution < 1.29 is 17.6 Å². The van der Waals surface area contributed by atoms with Crippen molar-refractivity contribution in [2.75, 3.05) is 32.2 Å². The molecule has 12 nitrogen and oxygen atoms in total. The van der Waals surface area contributed by atoms with Gasteiger partial charge in [-0.05, 0) is 68.2 Å². The van der Waals surface area contributed by atoms with Gasteiger partial charge in [-0.25, -0.2) is 22.5 Å². The number of pyridine rings is 3. The molecule has 0 radical (unpaired) electrons. The number of fused-ring (bicyclic) bond motifs is 2. The molecule has 0 bridgehead atoms. The summed E-state index contributed by atoms with van der Waals surface area (Å²) in [6.45, 7) is 0.196. The van der Waals surface area contributed by atoms with Crippen LogP contribution in [0.25, 0.3) is 55.8 Å². The molecule has 44 heavy (non-hydrogen) atoms. The van der Waals surface area contributed by atoms with Crippen LogP contribution in [0, 0.1) is 5.82 Å². The van der Waals surface area contributed by atoms with Gasteiger partial charge in [-0.2, -0.15) is 5.10 Å². The zero-order valence-electron chi connectivity index (χ0n) is 24.0. The Hall–Kier alpha value is -5.05. The quantitative estimate of drug-likeness (QED) is 0.191. The number of halogens is 1. The molecule has 0 saturated carbocycles. The van der Waals surface area contributed by atoms with Gasteiger partial charge in [0.1, 0.15) is 17.0 Å². The summed E-state index contributed by atoms with van der Waals surface area (Å²) in [7, 11) is 0.189. The minimum Gasteiger partial charge on any atom is -0.353 e. The lowest BCUT2D eigenvalue weighted by atomic mass is 10.0. The van der Waals surface area contributed by atoms with Gasteiger partial charge in [0, 0.05) is 41.0 Å². The minimum atomic E-state index is -3.45. The van der Waals surface area contributed by atoms with Crippen LogP contribution in [0.4, 0.5) is 10.1 Å². The summed E-state index contributed by atoms with van der Waals surface area (Å²) in [6, 6.07) is 13.6. The number of nitrogens with one attached hydrogen (secondary N) is 4. The van der Waals surface area contributed by atoms with Gasteiger partial charge >= 0.3 is 0 Å². The van der Waals surface area contributed by atoms with E-state index in [9.17, 15) is 17.6 Å². The third-order valence-corrected chi connectivity index (χ3v) is 7.43. The van der Waals surface area contributed by atoms with Crippen LogP contribution in [0.2, 0.25) is 0 Å². The number of benzene rings is 1. The molecule has 0 saturated heterocycles. The van der Waals surface area contributed by atoms with Crippen LogP contribution < -0.4 is 10.0 Å². The van der Waals surface area contributed by atoms with E-state index in [1.54, 1.807) is 29.6 Å². The second-order valence-corrected chi connectivity index (χ2v) is 12.5. The molecule has 0 spiro atoms. The van der Waals surface area contributed by atoms with E-state index >= 15 is 0 Å². The Morgan fingerprint density at radius 2 is 1.84 bits per heavy atom. The third-order valence-electron chi connectivity index (χ3n) is 6.76. The normalized spacial score (nSPS) is 11.9. The highest BCUT2D eigenvalue weighted by atomic mass is 32.2. The third kappa shape index (κ3) is 6.32. The number of likely N-dealkylation sites (N-methyl/N-ethyl adjacent to an activating group) is 1. The Balaban J connectivity index is 1.36. The highest BCUT2D eigenvalue weighted by Crippen LogP contribution is 2.34. The van der Waals surface area contributed by atoms with Gasteiger partial charge in [0.15, 0.2) is 0 Å². The number of aromatic amines is 2. The minimum absolute atomic E-state index is 0.0495. The molecule has 1 aromatic carbocycles. The molecule has 0 aliphatic heterocycles. The molecule has 0 fully saturated rings. The second kappa shape index (κ2) is 11.6. The molecule has 5 heterocycles. The first-order valence-corrected chi connectivity index (χ1v) is 15.4. The molecule has 0 aliphatic carbocycles. The molecule has 224 valence electrons. The summed E-state index contributed by atoms with van der Waals surface area (Å²) < 4.78 is 40.1. The number of nitrogens with zero attached hydrogens (tertiary/aromatic N) is 5. The largest absolute Gasteiger partial charge is 0.353 e. The van der Waals surface area contributed by atoms with E-state index in [1.807, 2.05) is 44.4 Å². The number of anilines is 1. The summed E-state index contributed by atoms with van der Waals surface area (Å²) in [6.07, 6.45) is 5.93. The fourth-order valence-corrected chi connectivity index (χ4v) is 5.33. The highest BCUT2D eigenvalue weighted by molar-refractivity contribution is 7.88. The van der Waals surface area contributed by atoms with Crippen LogP contribution in [-0.2, 0) is 21.4 Å². The molecule has 0 atom stereocenters. The first kappa shape index (κ1) is 29.0. The molecule has 6 rings (SSSR count). The van der Waals surface area contributed by atoms with Crippen molar-refractivity contribution >= 4 is 43.6 Å². The van der Waals surface area contributed by atoms with Crippen LogP contribution in [0.1, 0.15) is 5.56 Å². The number of hydrogen-bond acceptors (Lipinski definition) is 8. The van der Waals surface area contributed by atoms with Crippen molar-refractivity contribution in [3.8, 4) is 33.9 Å². The molecule has 5 aromatic heterocycles. The van der Waals surface area contributed by atoms with Gasteiger partial charge in [-0.15, -0.1) is 0 Å². The molecule has 4 N–H and O–H groups in total. The average molecular weight is 614 g/mol. The van der Waals surface area contributed by atoms with Crippen LogP contribution in [-0.4, -0.2) is 76.3 Å². The van der Waals surface area contributed by atoms with Gasteiger partial charge < -0.3 is 15.2 Å². The second-order valence-electron chi connectivity index (χ2n) is 10.7. The maximum Gasteiger partial charge on any atom is 0.238 e. The Morgan fingerprint density at radius 1 is 1.00 bits per heavy atom. The monoisotopic (exact) mass is 613 g/mol. The lowest BCUT2D eigenvalue weighted by Crippen LogP contribution is -2.27. The van der Waals surface area contributed by atoms with E-state index in [2.05, 4.69) is 35.2 Å². The van der Waals surface area contributed by atoms with Crippen molar-refractivity contribution in [2.24, 2.45) is 0 Å². The fraction of sp³-hybridized carbons (Fsp3) is 0.167. The first-order valence-electron chi connectivity index (χ1n) is 13.5. The number of carbonyl (C=O) groups excluding carboxylic acids is 1. The lowest BCUT2D eigenvalue weighted by molar-refractivity contribution is -0.116. The summed E-state index contributed by atoms with van der Waals surface area (Å²) in [5.74, 6) is -0.657. The summed E-state index contributed by atoms with van der Waals surface area (Å²) in [5.41, 5.74) is 6.75. The van der Waals surface area contributed by atoms with E-state index in [0.717, 1.165) is 28.2 Å². The smallest absolute Gasteiger partial charge is 0.238 e. The summed E-state index contributed by atoms with van der Waals surface area (Å²) in [4.78, 5) is 31.0. The average Bonchev–Trinajstić information content (AvgIpc) is 3.59. The van der Waals surface area contributed by atoms with E-state index in [1.165, 1.54) is 12.1 Å². The Morgan fingerprint density at radius 3 is 2.64 bits per heavy atom. The number of amides is 1. The molecular formula is C30H28FN9O3S. The van der Waals surface area contributed by atoms with Crippen molar-refractivity contribution in [3.05, 3.63) is 78.5 Å². The number of H-pyrrole nitrogens is 2. The van der Waals surface area contributed by atoms with Gasteiger partial charge in [0.05, 0.1) is 47.3 Å². The van der Waals surface area contributed by atoms with E-state index in [-0.39, 0.29) is 19.0 Å². The predicted molar refractivity (Wildman–Crippen MR) is 166 cm³/mol. The first-order chi connectivity index (χ1) is 21.0. The summed E-state index contributed by atoms with van der Waals surface area (Å²) >= 11 is 0. The molecular weight excluding hydrogens is 585 g/mol. The Labute approximate surface area is 251 Å². The number of sulfonamides is 1. The van der Waals surface area contributed by atoms with Crippen LogP contribution in [0.15, 0.2) is 67.1 Å². The number of hydrogen-bond donors (Lipinski definition) is 4. The highest BCUT2D eigenvalue weighted by Gasteiger charge is 2.17. The maximum atomic E-state index is 14.6. The maximum absolute atomic E-state index is 14.6. The van der Waals surface area contributed by atoms with Crippen molar-refractivity contribution in [3.63, 3.8) is 0 Å². The van der Waals surface area contributed by atoms with E-state index in [4.69, 9.17) is 4.98 Å². The SMILES string of the molecule is CN(C)CC(=O)Nc1cncc(-c2ccc3[nH]nc(-c4cc5c(-c6cc(F)cc(CNS(C)(=O)=O)c6)nccc5[nH]4)c3n2)c1.